The summed E-state index contributed by atoms with van der Waals surface area (Å²) in [6.07, 6.45) is 4.85. The molecule has 0 bridgehead atoms. The van der Waals surface area contributed by atoms with Gasteiger partial charge >= 0.3 is 0 Å². The van der Waals surface area contributed by atoms with Gasteiger partial charge in [0.05, 0.1) is 6.61 Å². The molecule has 1 saturated carbocycles. The minimum absolute atomic E-state index is 0.652. The van der Waals surface area contributed by atoms with Crippen LogP contribution in [0.2, 0.25) is 0 Å². The first-order valence-electron chi connectivity index (χ1n) is 5.81. The summed E-state index contributed by atoms with van der Waals surface area (Å²) in [4.78, 5) is 0. The lowest BCUT2D eigenvalue weighted by Gasteiger charge is -2.24. The van der Waals surface area contributed by atoms with Gasteiger partial charge in [0.25, 0.3) is 0 Å². The average molecular weight is 207 g/mol. The molecule has 1 aliphatic carbocycles. The van der Waals surface area contributed by atoms with Crippen LogP contribution in [0.15, 0.2) is 4.42 Å². The molecule has 1 aliphatic heterocycles. The quantitative estimate of drug-likeness (QED) is 0.825. The Morgan fingerprint density at radius 1 is 1.27 bits per heavy atom. The molecule has 3 heteroatoms. The van der Waals surface area contributed by atoms with Crippen molar-refractivity contribution < 1.29 is 9.15 Å². The molecule has 3 nitrogen and oxygen atoms in total. The van der Waals surface area contributed by atoms with Crippen molar-refractivity contribution in [2.24, 2.45) is 5.73 Å². The van der Waals surface area contributed by atoms with Crippen LogP contribution in [0.1, 0.15) is 47.8 Å². The van der Waals surface area contributed by atoms with Crippen molar-refractivity contribution in [2.75, 3.05) is 6.54 Å². The van der Waals surface area contributed by atoms with E-state index in [0.29, 0.717) is 19.1 Å². The van der Waals surface area contributed by atoms with E-state index in [0.717, 1.165) is 18.8 Å². The number of nitrogens with two attached hydrogens (primary N) is 1. The summed E-state index contributed by atoms with van der Waals surface area (Å²) in [6.45, 7) is 2.08. The highest BCUT2D eigenvalue weighted by atomic mass is 16.5. The molecule has 0 unspecified atom stereocenters. The Labute approximate surface area is 89.6 Å². The Morgan fingerprint density at radius 3 is 2.80 bits per heavy atom. The molecule has 1 aromatic heterocycles. The Morgan fingerprint density at radius 2 is 2.13 bits per heavy atom. The van der Waals surface area contributed by atoms with Crippen LogP contribution in [0.5, 0.6) is 0 Å². The molecule has 2 N–H and O–H groups in total. The molecule has 0 saturated heterocycles. The fourth-order valence-electron chi connectivity index (χ4n) is 2.52. The Hall–Kier alpha value is -0.800. The molecule has 15 heavy (non-hydrogen) atoms. The summed E-state index contributed by atoms with van der Waals surface area (Å²) < 4.78 is 11.3. The third-order valence-electron chi connectivity index (χ3n) is 3.58. The number of fused-ring (bicyclic) bond motifs is 1. The normalized spacial score (nSPS) is 20.3. The van der Waals surface area contributed by atoms with Crippen LogP contribution in [0, 0.1) is 0 Å². The highest BCUT2D eigenvalue weighted by Crippen LogP contribution is 2.42. The van der Waals surface area contributed by atoms with E-state index in [1.165, 1.54) is 36.1 Å². The van der Waals surface area contributed by atoms with Crippen molar-refractivity contribution in [3.05, 3.63) is 22.6 Å². The molecule has 0 atom stereocenters. The van der Waals surface area contributed by atoms with Crippen molar-refractivity contribution in [3.63, 3.8) is 0 Å². The van der Waals surface area contributed by atoms with Crippen LogP contribution >= 0.6 is 0 Å². The zero-order chi connectivity index (χ0) is 10.3. The summed E-state index contributed by atoms with van der Waals surface area (Å²) >= 11 is 0. The van der Waals surface area contributed by atoms with Gasteiger partial charge in [-0.1, -0.05) is 6.42 Å². The van der Waals surface area contributed by atoms with Crippen LogP contribution in [-0.4, -0.2) is 6.54 Å². The van der Waals surface area contributed by atoms with Gasteiger partial charge in [0.1, 0.15) is 18.1 Å². The summed E-state index contributed by atoms with van der Waals surface area (Å²) in [5, 5.41) is 0. The predicted octanol–water partition coefficient (Wildman–Crippen LogP) is 2.08. The van der Waals surface area contributed by atoms with Gasteiger partial charge in [-0.3, -0.25) is 0 Å². The maximum absolute atomic E-state index is 5.93. The first kappa shape index (κ1) is 9.43. The second kappa shape index (κ2) is 3.65. The molecule has 82 valence electrons. The van der Waals surface area contributed by atoms with Crippen LogP contribution in [-0.2, 0) is 24.4 Å². The maximum Gasteiger partial charge on any atom is 0.135 e. The van der Waals surface area contributed by atoms with E-state index in [9.17, 15) is 0 Å². The second-order valence-corrected chi connectivity index (χ2v) is 4.51. The lowest BCUT2D eigenvalue weighted by atomic mass is 9.81. The Kier molecular flexibility index (Phi) is 2.29. The van der Waals surface area contributed by atoms with Gasteiger partial charge in [0.15, 0.2) is 0 Å². The Bertz CT molecular complexity index is 366. The van der Waals surface area contributed by atoms with E-state index in [-0.39, 0.29) is 0 Å². The summed E-state index contributed by atoms with van der Waals surface area (Å²) in [5.74, 6) is 2.94. The highest BCUT2D eigenvalue weighted by molar-refractivity contribution is 5.37. The zero-order valence-corrected chi connectivity index (χ0v) is 8.92. The number of ether oxygens (including phenoxy) is 1. The number of hydrogen-bond donors (Lipinski definition) is 1. The topological polar surface area (TPSA) is 48.4 Å². The monoisotopic (exact) mass is 207 g/mol. The van der Waals surface area contributed by atoms with E-state index < -0.39 is 0 Å². The first-order chi connectivity index (χ1) is 7.40. The smallest absolute Gasteiger partial charge is 0.135 e. The summed E-state index contributed by atoms with van der Waals surface area (Å²) in [5.41, 5.74) is 8.31. The van der Waals surface area contributed by atoms with Gasteiger partial charge in [-0.25, -0.2) is 0 Å². The highest BCUT2D eigenvalue weighted by Gasteiger charge is 2.31. The van der Waals surface area contributed by atoms with E-state index in [4.69, 9.17) is 14.9 Å². The van der Waals surface area contributed by atoms with E-state index >= 15 is 0 Å². The lowest BCUT2D eigenvalue weighted by molar-refractivity contribution is 0.121. The van der Waals surface area contributed by atoms with Gasteiger partial charge in [-0.2, -0.15) is 0 Å². The fourth-order valence-corrected chi connectivity index (χ4v) is 2.52. The van der Waals surface area contributed by atoms with Crippen molar-refractivity contribution in [1.82, 2.24) is 0 Å². The van der Waals surface area contributed by atoms with Crippen molar-refractivity contribution in [2.45, 2.75) is 44.8 Å². The standard InChI is InChI=1S/C12H17NO2/c13-5-4-9-10-6-14-7-11(10)15-12(9)8-2-1-3-8/h8H,1-7,13H2. The zero-order valence-electron chi connectivity index (χ0n) is 8.92. The maximum atomic E-state index is 5.93. The molecular weight excluding hydrogens is 190 g/mol. The van der Waals surface area contributed by atoms with Gasteiger partial charge in [-0.05, 0) is 25.8 Å². The second-order valence-electron chi connectivity index (χ2n) is 4.51. The third kappa shape index (κ3) is 1.42. The van der Waals surface area contributed by atoms with Crippen LogP contribution in [0.3, 0.4) is 0 Å². The molecular formula is C12H17NO2. The van der Waals surface area contributed by atoms with Crippen molar-refractivity contribution in [1.29, 1.82) is 0 Å². The number of rotatable bonds is 3. The number of furan rings is 1. The molecule has 2 heterocycles. The molecule has 1 fully saturated rings. The van der Waals surface area contributed by atoms with E-state index in [1.807, 2.05) is 0 Å². The SMILES string of the molecule is NCCc1c(C2CCC2)oc2c1COC2. The van der Waals surface area contributed by atoms with Crippen LogP contribution < -0.4 is 5.73 Å². The fraction of sp³-hybridized carbons (Fsp3) is 0.667. The lowest BCUT2D eigenvalue weighted by Crippen LogP contribution is -2.12. The molecule has 0 aromatic carbocycles. The average Bonchev–Trinajstić information content (AvgIpc) is 2.67. The van der Waals surface area contributed by atoms with Gasteiger partial charge in [0, 0.05) is 17.0 Å². The molecule has 0 amide bonds. The summed E-state index contributed by atoms with van der Waals surface area (Å²) in [6, 6.07) is 0. The molecule has 1 aromatic rings. The third-order valence-corrected chi connectivity index (χ3v) is 3.58. The molecule has 0 radical (unpaired) electrons. The molecule has 2 aliphatic rings. The Balaban J connectivity index is 1.97. The van der Waals surface area contributed by atoms with Crippen molar-refractivity contribution in [3.8, 4) is 0 Å². The minimum Gasteiger partial charge on any atom is -0.463 e. The van der Waals surface area contributed by atoms with Crippen LogP contribution in [0.25, 0.3) is 0 Å². The first-order valence-corrected chi connectivity index (χ1v) is 5.81. The number of hydrogen-bond acceptors (Lipinski definition) is 3. The van der Waals surface area contributed by atoms with Crippen LogP contribution in [0.4, 0.5) is 0 Å². The predicted molar refractivity (Wildman–Crippen MR) is 56.6 cm³/mol. The van der Waals surface area contributed by atoms with Crippen molar-refractivity contribution >= 4 is 0 Å². The van der Waals surface area contributed by atoms with Gasteiger partial charge in [-0.15, -0.1) is 0 Å². The van der Waals surface area contributed by atoms with E-state index in [2.05, 4.69) is 0 Å². The largest absolute Gasteiger partial charge is 0.463 e. The van der Waals surface area contributed by atoms with Gasteiger partial charge in [0.2, 0.25) is 0 Å². The van der Waals surface area contributed by atoms with E-state index in [1.54, 1.807) is 0 Å². The summed E-state index contributed by atoms with van der Waals surface area (Å²) in [7, 11) is 0. The van der Waals surface area contributed by atoms with Gasteiger partial charge < -0.3 is 14.9 Å². The minimum atomic E-state index is 0.652. The molecule has 0 spiro atoms. The molecule has 3 rings (SSSR count).